The molecule has 15 heavy (non-hydrogen) atoms. The molecule has 2 aliphatic carbocycles. The van der Waals surface area contributed by atoms with E-state index in [0.29, 0.717) is 12.3 Å². The van der Waals surface area contributed by atoms with Gasteiger partial charge in [0.2, 0.25) is 0 Å². The van der Waals surface area contributed by atoms with Gasteiger partial charge in [-0.15, -0.1) is 0 Å². The third-order valence-electron chi connectivity index (χ3n) is 4.46. The summed E-state index contributed by atoms with van der Waals surface area (Å²) in [5.74, 6) is -0.643. The van der Waals surface area contributed by atoms with Gasteiger partial charge in [0.25, 0.3) is 0 Å². The fraction of sp³-hybridized carbons (Fsp3) is 0.818. The highest BCUT2D eigenvalue weighted by Gasteiger charge is 2.63. The molecule has 4 heteroatoms. The summed E-state index contributed by atoms with van der Waals surface area (Å²) in [6.45, 7) is 2.08. The Bertz CT molecular complexity index is 337. The van der Waals surface area contributed by atoms with Gasteiger partial charge in [-0.3, -0.25) is 9.59 Å². The highest BCUT2D eigenvalue weighted by molar-refractivity contribution is 5.79. The van der Waals surface area contributed by atoms with Gasteiger partial charge in [-0.1, -0.05) is 6.92 Å². The maximum atomic E-state index is 11.5. The standard InChI is InChI=1S/C11H14O4/c1-4-2-7-9-6(11(14)15-7)3-5(8(4)9)10(12)13/h4-9H,2-3H2,1H3,(H,12,13)/t4-,5?,6+,7-,8?,9?/m0/s1. The normalized spacial score (nSPS) is 51.7. The van der Waals surface area contributed by atoms with E-state index in [0.717, 1.165) is 6.42 Å². The molecule has 1 heterocycles. The third-order valence-corrected chi connectivity index (χ3v) is 4.46. The van der Waals surface area contributed by atoms with Crippen LogP contribution in [0.15, 0.2) is 0 Å². The number of ether oxygens (including phenoxy) is 1. The molecule has 0 aromatic heterocycles. The Balaban J connectivity index is 1.97. The van der Waals surface area contributed by atoms with E-state index < -0.39 is 5.97 Å². The average molecular weight is 210 g/mol. The molecule has 1 aliphatic heterocycles. The number of hydrogen-bond acceptors (Lipinski definition) is 3. The van der Waals surface area contributed by atoms with Gasteiger partial charge < -0.3 is 9.84 Å². The first-order valence-electron chi connectivity index (χ1n) is 5.53. The lowest BCUT2D eigenvalue weighted by Crippen LogP contribution is -2.24. The molecule has 0 spiro atoms. The maximum absolute atomic E-state index is 11.5. The predicted octanol–water partition coefficient (Wildman–Crippen LogP) is 0.905. The molecule has 82 valence electrons. The zero-order valence-corrected chi connectivity index (χ0v) is 8.55. The van der Waals surface area contributed by atoms with E-state index in [4.69, 9.17) is 9.84 Å². The summed E-state index contributed by atoms with van der Waals surface area (Å²) < 4.78 is 5.29. The first-order valence-corrected chi connectivity index (χ1v) is 5.53. The molecule has 6 atom stereocenters. The quantitative estimate of drug-likeness (QED) is 0.653. The van der Waals surface area contributed by atoms with Crippen LogP contribution in [0.2, 0.25) is 0 Å². The van der Waals surface area contributed by atoms with Crippen LogP contribution < -0.4 is 0 Å². The zero-order chi connectivity index (χ0) is 10.7. The van der Waals surface area contributed by atoms with Crippen LogP contribution in [0.25, 0.3) is 0 Å². The van der Waals surface area contributed by atoms with Gasteiger partial charge >= 0.3 is 11.9 Å². The first-order chi connectivity index (χ1) is 7.09. The second-order valence-electron chi connectivity index (χ2n) is 5.13. The molecule has 0 aromatic carbocycles. The number of rotatable bonds is 1. The lowest BCUT2D eigenvalue weighted by Gasteiger charge is -2.18. The minimum atomic E-state index is -0.741. The van der Waals surface area contributed by atoms with Gasteiger partial charge in [0.15, 0.2) is 0 Å². The van der Waals surface area contributed by atoms with Crippen molar-refractivity contribution in [2.75, 3.05) is 0 Å². The van der Waals surface area contributed by atoms with E-state index in [-0.39, 0.29) is 35.7 Å². The lowest BCUT2D eigenvalue weighted by atomic mass is 9.85. The lowest BCUT2D eigenvalue weighted by molar-refractivity contribution is -0.146. The predicted molar refractivity (Wildman–Crippen MR) is 49.9 cm³/mol. The topological polar surface area (TPSA) is 63.6 Å². The van der Waals surface area contributed by atoms with Gasteiger partial charge in [-0.2, -0.15) is 0 Å². The van der Waals surface area contributed by atoms with Crippen molar-refractivity contribution in [2.24, 2.45) is 29.6 Å². The van der Waals surface area contributed by atoms with Gasteiger partial charge in [0.1, 0.15) is 6.10 Å². The Hall–Kier alpha value is -1.06. The van der Waals surface area contributed by atoms with Crippen molar-refractivity contribution in [3.05, 3.63) is 0 Å². The molecular weight excluding hydrogens is 196 g/mol. The van der Waals surface area contributed by atoms with E-state index in [9.17, 15) is 9.59 Å². The molecule has 3 rings (SSSR count). The molecular formula is C11H14O4. The molecule has 1 N–H and O–H groups in total. The minimum absolute atomic E-state index is 0.00634. The maximum Gasteiger partial charge on any atom is 0.309 e. The number of esters is 1. The Kier molecular flexibility index (Phi) is 1.68. The van der Waals surface area contributed by atoms with Crippen LogP contribution in [-0.4, -0.2) is 23.1 Å². The second kappa shape index (κ2) is 2.74. The summed E-state index contributed by atoms with van der Waals surface area (Å²) in [4.78, 5) is 22.6. The molecule has 3 fully saturated rings. The SMILES string of the molecule is C[C@H]1C[C@@H]2OC(=O)[C@@H]3CC(C(=O)O)C1C23. The number of aliphatic carboxylic acids is 1. The van der Waals surface area contributed by atoms with E-state index >= 15 is 0 Å². The minimum Gasteiger partial charge on any atom is -0.481 e. The van der Waals surface area contributed by atoms with Crippen molar-refractivity contribution in [1.29, 1.82) is 0 Å². The van der Waals surface area contributed by atoms with Crippen LogP contribution in [0, 0.1) is 29.6 Å². The Morgan fingerprint density at radius 2 is 2.13 bits per heavy atom. The highest BCUT2D eigenvalue weighted by Crippen LogP contribution is 2.58. The molecule has 0 amide bonds. The Labute approximate surface area is 87.6 Å². The Morgan fingerprint density at radius 3 is 2.80 bits per heavy atom. The number of carbonyl (C=O) groups excluding carboxylic acids is 1. The summed E-state index contributed by atoms with van der Waals surface area (Å²) in [6.07, 6.45) is 1.35. The number of carbonyl (C=O) groups is 2. The van der Waals surface area contributed by atoms with Crippen LogP contribution >= 0.6 is 0 Å². The fourth-order valence-corrected chi connectivity index (χ4v) is 3.97. The van der Waals surface area contributed by atoms with Crippen molar-refractivity contribution in [3.8, 4) is 0 Å². The number of hydrogen-bond donors (Lipinski definition) is 1. The fourth-order valence-electron chi connectivity index (χ4n) is 3.97. The zero-order valence-electron chi connectivity index (χ0n) is 8.55. The first kappa shape index (κ1) is 9.19. The molecule has 0 bridgehead atoms. The average Bonchev–Trinajstić information content (AvgIpc) is 2.73. The van der Waals surface area contributed by atoms with Crippen LogP contribution in [0.3, 0.4) is 0 Å². The van der Waals surface area contributed by atoms with Gasteiger partial charge in [0, 0.05) is 5.92 Å². The van der Waals surface area contributed by atoms with Crippen molar-refractivity contribution >= 4 is 11.9 Å². The van der Waals surface area contributed by atoms with Crippen LogP contribution in [0.5, 0.6) is 0 Å². The molecule has 1 saturated heterocycles. The van der Waals surface area contributed by atoms with Gasteiger partial charge in [-0.25, -0.2) is 0 Å². The van der Waals surface area contributed by atoms with Crippen molar-refractivity contribution in [3.63, 3.8) is 0 Å². The molecule has 3 unspecified atom stereocenters. The summed E-state index contributed by atoms with van der Waals surface area (Å²) in [5, 5.41) is 9.14. The largest absolute Gasteiger partial charge is 0.481 e. The van der Waals surface area contributed by atoms with E-state index in [1.165, 1.54) is 0 Å². The van der Waals surface area contributed by atoms with Gasteiger partial charge in [-0.05, 0) is 24.7 Å². The number of carboxylic acids is 1. The van der Waals surface area contributed by atoms with E-state index in [1.807, 2.05) is 0 Å². The monoisotopic (exact) mass is 210 g/mol. The summed E-state index contributed by atoms with van der Waals surface area (Å²) in [7, 11) is 0. The van der Waals surface area contributed by atoms with E-state index in [2.05, 4.69) is 6.92 Å². The molecule has 2 saturated carbocycles. The molecule has 4 nitrogen and oxygen atoms in total. The second-order valence-corrected chi connectivity index (χ2v) is 5.13. The highest BCUT2D eigenvalue weighted by atomic mass is 16.6. The summed E-state index contributed by atoms with van der Waals surface area (Å²) in [6, 6.07) is 0. The van der Waals surface area contributed by atoms with Crippen molar-refractivity contribution in [1.82, 2.24) is 0 Å². The molecule has 3 aliphatic rings. The summed E-state index contributed by atoms with van der Waals surface area (Å²) in [5.41, 5.74) is 0. The van der Waals surface area contributed by atoms with Crippen molar-refractivity contribution < 1.29 is 19.4 Å². The van der Waals surface area contributed by atoms with E-state index in [1.54, 1.807) is 0 Å². The van der Waals surface area contributed by atoms with Crippen molar-refractivity contribution in [2.45, 2.75) is 25.9 Å². The molecule has 0 aromatic rings. The van der Waals surface area contributed by atoms with Crippen LogP contribution in [0.4, 0.5) is 0 Å². The molecule has 0 radical (unpaired) electrons. The van der Waals surface area contributed by atoms with Crippen LogP contribution in [0.1, 0.15) is 19.8 Å². The van der Waals surface area contributed by atoms with Gasteiger partial charge in [0.05, 0.1) is 11.8 Å². The Morgan fingerprint density at radius 1 is 1.40 bits per heavy atom. The third kappa shape index (κ3) is 1.02. The summed E-state index contributed by atoms with van der Waals surface area (Å²) >= 11 is 0. The van der Waals surface area contributed by atoms with Crippen LogP contribution in [-0.2, 0) is 14.3 Å². The smallest absolute Gasteiger partial charge is 0.309 e. The number of carboxylic acid groups (broad SMARTS) is 1.